The summed E-state index contributed by atoms with van der Waals surface area (Å²) in [7, 11) is 1.82. The molecule has 1 unspecified atom stereocenters. The average Bonchev–Trinajstić information content (AvgIpc) is 2.74. The smallest absolute Gasteiger partial charge is 0.231 e. The normalized spacial score (nSPS) is 15.3. The van der Waals surface area contributed by atoms with Crippen molar-refractivity contribution in [2.75, 3.05) is 11.9 Å². The monoisotopic (exact) mass is 349 g/mol. The van der Waals surface area contributed by atoms with Crippen LogP contribution in [-0.2, 0) is 11.2 Å². The lowest BCUT2D eigenvalue weighted by Crippen LogP contribution is -2.20. The first-order valence-electron chi connectivity index (χ1n) is 6.35. The second kappa shape index (κ2) is 5.23. The number of hydrogen-bond acceptors (Lipinski definition) is 1. The molecule has 0 spiro atoms. The van der Waals surface area contributed by atoms with Gasteiger partial charge >= 0.3 is 0 Å². The van der Waals surface area contributed by atoms with E-state index in [1.54, 1.807) is 4.90 Å². The molecule has 102 valence electrons. The van der Waals surface area contributed by atoms with Crippen molar-refractivity contribution >= 4 is 39.1 Å². The maximum Gasteiger partial charge on any atom is 0.231 e. The average molecular weight is 351 g/mol. The zero-order valence-electron chi connectivity index (χ0n) is 10.9. The molecule has 2 nitrogen and oxygen atoms in total. The number of likely N-dealkylation sites (N-methyl/N-ethyl adjacent to an activating group) is 1. The van der Waals surface area contributed by atoms with Gasteiger partial charge in [0.25, 0.3) is 0 Å². The minimum absolute atomic E-state index is 0.103. The summed E-state index contributed by atoms with van der Waals surface area (Å²) < 4.78 is 0. The number of benzene rings is 2. The molecular weight excluding hydrogens is 338 g/mol. The maximum absolute atomic E-state index is 11.7. The summed E-state index contributed by atoms with van der Waals surface area (Å²) in [5, 5.41) is 0.731. The number of carbonyl (C=O) groups is 1. The number of alkyl halides is 1. The highest BCUT2D eigenvalue weighted by atomic mass is 79.9. The van der Waals surface area contributed by atoms with Gasteiger partial charge in [-0.05, 0) is 34.9 Å². The maximum atomic E-state index is 11.7. The Balaban J connectivity index is 1.94. The first-order chi connectivity index (χ1) is 9.56. The van der Waals surface area contributed by atoms with Crippen molar-refractivity contribution in [1.29, 1.82) is 0 Å². The van der Waals surface area contributed by atoms with Crippen molar-refractivity contribution in [3.8, 4) is 0 Å². The molecule has 1 heterocycles. The van der Waals surface area contributed by atoms with Crippen molar-refractivity contribution in [3.63, 3.8) is 0 Å². The largest absolute Gasteiger partial charge is 0.315 e. The molecule has 1 amide bonds. The van der Waals surface area contributed by atoms with E-state index in [1.807, 2.05) is 37.4 Å². The molecule has 4 heteroatoms. The molecule has 0 aromatic heterocycles. The highest BCUT2D eigenvalue weighted by Crippen LogP contribution is 2.36. The van der Waals surface area contributed by atoms with E-state index in [9.17, 15) is 4.79 Å². The lowest BCUT2D eigenvalue weighted by Gasteiger charge is -2.14. The minimum Gasteiger partial charge on any atom is -0.315 e. The highest BCUT2D eigenvalue weighted by molar-refractivity contribution is 9.09. The van der Waals surface area contributed by atoms with Crippen LogP contribution in [0.1, 0.15) is 21.5 Å². The minimum atomic E-state index is 0.103. The Morgan fingerprint density at radius 1 is 1.15 bits per heavy atom. The number of halogens is 2. The van der Waals surface area contributed by atoms with Gasteiger partial charge in [0.05, 0.1) is 11.2 Å². The fraction of sp³-hybridized carbons (Fsp3) is 0.188. The van der Waals surface area contributed by atoms with Gasteiger partial charge in [0.1, 0.15) is 0 Å². The molecule has 2 aromatic carbocycles. The van der Waals surface area contributed by atoms with Crippen molar-refractivity contribution in [1.82, 2.24) is 0 Å². The number of hydrogen-bond donors (Lipinski definition) is 0. The summed E-state index contributed by atoms with van der Waals surface area (Å²) in [6.07, 6.45) is 0.486. The summed E-state index contributed by atoms with van der Waals surface area (Å²) in [4.78, 5) is 13.5. The fourth-order valence-corrected chi connectivity index (χ4v) is 3.19. The molecule has 2 aromatic rings. The van der Waals surface area contributed by atoms with Crippen LogP contribution in [0, 0.1) is 0 Å². The van der Waals surface area contributed by atoms with E-state index >= 15 is 0 Å². The summed E-state index contributed by atoms with van der Waals surface area (Å²) in [5.41, 5.74) is 4.39. The van der Waals surface area contributed by atoms with Gasteiger partial charge in [0, 0.05) is 17.8 Å². The van der Waals surface area contributed by atoms with Crippen LogP contribution in [0.3, 0.4) is 0 Å². The number of rotatable bonds is 2. The third kappa shape index (κ3) is 2.36. The Hall–Kier alpha value is -1.32. The lowest BCUT2D eigenvalue weighted by molar-refractivity contribution is -0.117. The third-order valence-electron chi connectivity index (χ3n) is 3.64. The van der Waals surface area contributed by atoms with Crippen molar-refractivity contribution in [2.45, 2.75) is 11.2 Å². The second-order valence-corrected chi connectivity index (χ2v) is 6.28. The molecule has 0 fully saturated rings. The molecule has 0 bridgehead atoms. The van der Waals surface area contributed by atoms with Crippen LogP contribution >= 0.6 is 27.5 Å². The second-order valence-electron chi connectivity index (χ2n) is 4.93. The van der Waals surface area contributed by atoms with Crippen molar-refractivity contribution in [2.24, 2.45) is 0 Å². The molecular formula is C16H13BrClNO. The first kappa shape index (κ1) is 13.7. The molecule has 0 saturated heterocycles. The van der Waals surface area contributed by atoms with Gasteiger partial charge in [0.2, 0.25) is 5.91 Å². The zero-order valence-corrected chi connectivity index (χ0v) is 13.3. The van der Waals surface area contributed by atoms with Crippen LogP contribution in [0.4, 0.5) is 5.69 Å². The van der Waals surface area contributed by atoms with E-state index in [2.05, 4.69) is 28.1 Å². The van der Waals surface area contributed by atoms with Gasteiger partial charge in [-0.15, -0.1) is 0 Å². The summed E-state index contributed by atoms with van der Waals surface area (Å²) in [6.45, 7) is 0. The van der Waals surface area contributed by atoms with E-state index in [1.165, 1.54) is 0 Å². The van der Waals surface area contributed by atoms with Gasteiger partial charge in [-0.1, -0.05) is 51.8 Å². The topological polar surface area (TPSA) is 20.3 Å². The number of fused-ring (bicyclic) bond motifs is 1. The Morgan fingerprint density at radius 3 is 2.50 bits per heavy atom. The van der Waals surface area contributed by atoms with Gasteiger partial charge in [-0.3, -0.25) is 4.79 Å². The quantitative estimate of drug-likeness (QED) is 0.738. The van der Waals surface area contributed by atoms with Crippen LogP contribution in [0.15, 0.2) is 42.5 Å². The van der Waals surface area contributed by atoms with E-state index in [4.69, 9.17) is 11.6 Å². The third-order valence-corrected chi connectivity index (χ3v) is 4.95. The Bertz CT molecular complexity index is 669. The fourth-order valence-electron chi connectivity index (χ4n) is 2.47. The van der Waals surface area contributed by atoms with Crippen LogP contribution in [0.5, 0.6) is 0 Å². The lowest BCUT2D eigenvalue weighted by atomic mass is 10.0. The Kier molecular flexibility index (Phi) is 3.57. The molecule has 1 aliphatic rings. The number of anilines is 1. The first-order valence-corrected chi connectivity index (χ1v) is 7.64. The van der Waals surface area contributed by atoms with E-state index in [0.717, 1.165) is 27.4 Å². The molecule has 20 heavy (non-hydrogen) atoms. The number of carbonyl (C=O) groups excluding carboxylic acids is 1. The molecule has 0 radical (unpaired) electrons. The van der Waals surface area contributed by atoms with Crippen molar-refractivity contribution in [3.05, 3.63) is 64.2 Å². The van der Waals surface area contributed by atoms with Crippen LogP contribution in [0.25, 0.3) is 0 Å². The van der Waals surface area contributed by atoms with Crippen LogP contribution in [0.2, 0.25) is 5.02 Å². The van der Waals surface area contributed by atoms with E-state index in [-0.39, 0.29) is 10.7 Å². The van der Waals surface area contributed by atoms with Crippen molar-refractivity contribution < 1.29 is 4.79 Å². The zero-order chi connectivity index (χ0) is 14.3. The van der Waals surface area contributed by atoms with E-state index in [0.29, 0.717) is 6.42 Å². The number of nitrogens with zero attached hydrogens (tertiary/aromatic N) is 1. The highest BCUT2D eigenvalue weighted by Gasteiger charge is 2.24. The van der Waals surface area contributed by atoms with E-state index < -0.39 is 0 Å². The van der Waals surface area contributed by atoms with Gasteiger partial charge in [-0.2, -0.15) is 0 Å². The summed E-state index contributed by atoms with van der Waals surface area (Å²) in [5.74, 6) is 0.148. The predicted octanol–water partition coefficient (Wildman–Crippen LogP) is 4.34. The predicted molar refractivity (Wildman–Crippen MR) is 85.8 cm³/mol. The molecule has 1 atom stereocenters. The summed E-state index contributed by atoms with van der Waals surface area (Å²) in [6, 6.07) is 14.0. The van der Waals surface area contributed by atoms with Crippen LogP contribution in [-0.4, -0.2) is 13.0 Å². The Labute approximate surface area is 131 Å². The molecule has 0 aliphatic carbocycles. The summed E-state index contributed by atoms with van der Waals surface area (Å²) >= 11 is 9.63. The molecule has 0 saturated carbocycles. The van der Waals surface area contributed by atoms with Gasteiger partial charge in [-0.25, -0.2) is 0 Å². The molecule has 1 aliphatic heterocycles. The Morgan fingerprint density at radius 2 is 1.80 bits per heavy atom. The molecule has 3 rings (SSSR count). The van der Waals surface area contributed by atoms with Gasteiger partial charge < -0.3 is 4.90 Å². The standard InChI is InChI=1S/C16H13BrClNO/c1-19-14-7-4-11(8-12(14)9-15(19)20)16(17)10-2-5-13(18)6-3-10/h2-8,16H,9H2,1H3. The number of amides is 1. The van der Waals surface area contributed by atoms with Gasteiger partial charge in [0.15, 0.2) is 0 Å². The SMILES string of the molecule is CN1C(=O)Cc2cc(C(Br)c3ccc(Cl)cc3)ccc21. The molecule has 0 N–H and O–H groups in total. The van der Waals surface area contributed by atoms with Crippen LogP contribution < -0.4 is 4.90 Å².